The fourth-order valence-electron chi connectivity index (χ4n) is 1.45. The smallest absolute Gasteiger partial charge is 0.159 e. The number of nitrogens with one attached hydrogen (secondary N) is 1. The van der Waals surface area contributed by atoms with Gasteiger partial charge in [0.1, 0.15) is 0 Å². The molecule has 16 heavy (non-hydrogen) atoms. The molecule has 0 bridgehead atoms. The molecule has 1 heterocycles. The Bertz CT molecular complexity index is 494. The van der Waals surface area contributed by atoms with Crippen molar-refractivity contribution in [1.29, 1.82) is 0 Å². The number of hydrogen-bond donors (Lipinski definition) is 1. The maximum Gasteiger partial charge on any atom is 0.159 e. The summed E-state index contributed by atoms with van der Waals surface area (Å²) in [6.07, 6.45) is 0. The normalized spacial score (nSPS) is 10.7. The van der Waals surface area contributed by atoms with Crippen LogP contribution in [0.15, 0.2) is 30.3 Å². The second-order valence-electron chi connectivity index (χ2n) is 3.43. The van der Waals surface area contributed by atoms with E-state index in [4.69, 9.17) is 0 Å². The molecule has 1 nitrogen and oxygen atoms in total. The van der Waals surface area contributed by atoms with E-state index in [1.165, 1.54) is 10.9 Å². The van der Waals surface area contributed by atoms with Crippen LogP contribution in [0.2, 0.25) is 0 Å². The van der Waals surface area contributed by atoms with Crippen molar-refractivity contribution in [3.8, 4) is 10.4 Å². The van der Waals surface area contributed by atoms with Crippen LogP contribution in [0.3, 0.4) is 0 Å². The summed E-state index contributed by atoms with van der Waals surface area (Å²) in [5.41, 5.74) is 0.714. The van der Waals surface area contributed by atoms with Crippen molar-refractivity contribution < 1.29 is 8.78 Å². The Morgan fingerprint density at radius 2 is 1.94 bits per heavy atom. The Kier molecular flexibility index (Phi) is 3.31. The average molecular weight is 239 g/mol. The second kappa shape index (κ2) is 4.72. The second-order valence-corrected chi connectivity index (χ2v) is 4.59. The minimum atomic E-state index is -0.809. The SMILES string of the molecule is CNCc1ccc(-c2ccc(F)c(F)c2)s1. The molecule has 0 spiro atoms. The van der Waals surface area contributed by atoms with E-state index >= 15 is 0 Å². The van der Waals surface area contributed by atoms with E-state index in [-0.39, 0.29) is 0 Å². The molecule has 84 valence electrons. The van der Waals surface area contributed by atoms with E-state index in [1.54, 1.807) is 17.4 Å². The first-order chi connectivity index (χ1) is 7.70. The van der Waals surface area contributed by atoms with Gasteiger partial charge in [0.2, 0.25) is 0 Å². The summed E-state index contributed by atoms with van der Waals surface area (Å²) in [6, 6.07) is 7.88. The molecule has 0 fully saturated rings. The monoisotopic (exact) mass is 239 g/mol. The molecule has 0 radical (unpaired) electrons. The maximum atomic E-state index is 13.0. The van der Waals surface area contributed by atoms with Gasteiger partial charge in [0.15, 0.2) is 11.6 Å². The summed E-state index contributed by atoms with van der Waals surface area (Å²) in [5.74, 6) is -1.61. The number of benzene rings is 1. The Labute approximate surface area is 96.7 Å². The van der Waals surface area contributed by atoms with Crippen molar-refractivity contribution >= 4 is 11.3 Å². The van der Waals surface area contributed by atoms with Crippen LogP contribution >= 0.6 is 11.3 Å². The maximum absolute atomic E-state index is 13.0. The summed E-state index contributed by atoms with van der Waals surface area (Å²) < 4.78 is 25.8. The highest BCUT2D eigenvalue weighted by molar-refractivity contribution is 7.15. The molecule has 2 rings (SSSR count). The molecule has 0 aliphatic rings. The lowest BCUT2D eigenvalue weighted by molar-refractivity contribution is 0.509. The summed E-state index contributed by atoms with van der Waals surface area (Å²) in [7, 11) is 1.87. The summed E-state index contributed by atoms with van der Waals surface area (Å²) in [6.45, 7) is 0.786. The molecule has 0 amide bonds. The van der Waals surface area contributed by atoms with Gasteiger partial charge in [-0.2, -0.15) is 0 Å². The predicted molar refractivity (Wildman–Crippen MR) is 62.4 cm³/mol. The van der Waals surface area contributed by atoms with Crippen molar-refractivity contribution in [1.82, 2.24) is 5.32 Å². The Morgan fingerprint density at radius 1 is 1.12 bits per heavy atom. The fourth-order valence-corrected chi connectivity index (χ4v) is 2.47. The Hall–Kier alpha value is -1.26. The molecular weight excluding hydrogens is 228 g/mol. The van der Waals surface area contributed by atoms with Gasteiger partial charge in [-0.15, -0.1) is 11.3 Å². The fraction of sp³-hybridized carbons (Fsp3) is 0.167. The van der Waals surface area contributed by atoms with Crippen LogP contribution in [0.25, 0.3) is 10.4 Å². The number of hydrogen-bond acceptors (Lipinski definition) is 2. The van der Waals surface area contributed by atoms with Gasteiger partial charge in [-0.3, -0.25) is 0 Å². The van der Waals surface area contributed by atoms with E-state index in [2.05, 4.69) is 5.32 Å². The molecule has 0 aliphatic heterocycles. The van der Waals surface area contributed by atoms with E-state index in [0.717, 1.165) is 17.5 Å². The lowest BCUT2D eigenvalue weighted by Crippen LogP contribution is -2.02. The van der Waals surface area contributed by atoms with Gasteiger partial charge >= 0.3 is 0 Å². The third-order valence-corrected chi connectivity index (χ3v) is 3.35. The lowest BCUT2D eigenvalue weighted by Gasteiger charge is -1.98. The van der Waals surface area contributed by atoms with Crippen molar-refractivity contribution in [3.63, 3.8) is 0 Å². The largest absolute Gasteiger partial charge is 0.315 e. The van der Waals surface area contributed by atoms with Crippen LogP contribution in [0.4, 0.5) is 8.78 Å². The van der Waals surface area contributed by atoms with Crippen molar-refractivity contribution in [3.05, 3.63) is 46.8 Å². The van der Waals surface area contributed by atoms with E-state index in [1.807, 2.05) is 19.2 Å². The molecule has 0 saturated carbocycles. The zero-order valence-corrected chi connectivity index (χ0v) is 9.57. The van der Waals surface area contributed by atoms with Gasteiger partial charge in [0.05, 0.1) is 0 Å². The zero-order valence-electron chi connectivity index (χ0n) is 8.76. The predicted octanol–water partition coefficient (Wildman–Crippen LogP) is 3.41. The van der Waals surface area contributed by atoms with Crippen molar-refractivity contribution in [2.75, 3.05) is 7.05 Å². The van der Waals surface area contributed by atoms with Crippen LogP contribution < -0.4 is 5.32 Å². The van der Waals surface area contributed by atoms with Crippen LogP contribution in [0, 0.1) is 11.6 Å². The molecule has 0 atom stereocenters. The number of rotatable bonds is 3. The van der Waals surface area contributed by atoms with Gasteiger partial charge in [-0.05, 0) is 36.9 Å². The third-order valence-electron chi connectivity index (χ3n) is 2.22. The van der Waals surface area contributed by atoms with Gasteiger partial charge in [-0.1, -0.05) is 6.07 Å². The quantitative estimate of drug-likeness (QED) is 0.865. The van der Waals surface area contributed by atoms with E-state index in [9.17, 15) is 8.78 Å². The molecule has 1 aromatic heterocycles. The van der Waals surface area contributed by atoms with E-state index < -0.39 is 11.6 Å². The molecular formula is C12H11F2NS. The first-order valence-electron chi connectivity index (χ1n) is 4.89. The first-order valence-corrected chi connectivity index (χ1v) is 5.71. The Morgan fingerprint density at radius 3 is 2.62 bits per heavy atom. The molecule has 2 aromatic rings. The van der Waals surface area contributed by atoms with Gasteiger partial charge in [0.25, 0.3) is 0 Å². The highest BCUT2D eigenvalue weighted by Crippen LogP contribution is 2.28. The molecule has 0 aliphatic carbocycles. The van der Waals surface area contributed by atoms with Gasteiger partial charge in [-0.25, -0.2) is 8.78 Å². The lowest BCUT2D eigenvalue weighted by atomic mass is 10.2. The van der Waals surface area contributed by atoms with Crippen LogP contribution in [0.5, 0.6) is 0 Å². The third kappa shape index (κ3) is 2.28. The average Bonchev–Trinajstić information content (AvgIpc) is 2.71. The minimum Gasteiger partial charge on any atom is -0.315 e. The number of thiophene rings is 1. The van der Waals surface area contributed by atoms with Crippen molar-refractivity contribution in [2.45, 2.75) is 6.54 Å². The topological polar surface area (TPSA) is 12.0 Å². The minimum absolute atomic E-state index is 0.714. The van der Waals surface area contributed by atoms with Gasteiger partial charge < -0.3 is 5.32 Å². The van der Waals surface area contributed by atoms with Gasteiger partial charge in [0, 0.05) is 16.3 Å². The van der Waals surface area contributed by atoms with E-state index in [0.29, 0.717) is 5.56 Å². The molecule has 1 aromatic carbocycles. The van der Waals surface area contributed by atoms with Crippen LogP contribution in [-0.2, 0) is 6.54 Å². The van der Waals surface area contributed by atoms with Crippen molar-refractivity contribution in [2.24, 2.45) is 0 Å². The summed E-state index contributed by atoms with van der Waals surface area (Å²) in [4.78, 5) is 2.12. The highest BCUT2D eigenvalue weighted by Gasteiger charge is 2.06. The number of halogens is 2. The zero-order chi connectivity index (χ0) is 11.5. The highest BCUT2D eigenvalue weighted by atomic mass is 32.1. The first kappa shape index (κ1) is 11.2. The standard InChI is InChI=1S/C12H11F2NS/c1-15-7-9-3-5-12(16-9)8-2-4-10(13)11(14)6-8/h2-6,15H,7H2,1H3. The Balaban J connectivity index is 2.31. The molecule has 0 unspecified atom stereocenters. The van der Waals surface area contributed by atoms with Crippen LogP contribution in [-0.4, -0.2) is 7.05 Å². The summed E-state index contributed by atoms with van der Waals surface area (Å²) in [5, 5.41) is 3.05. The molecule has 1 N–H and O–H groups in total. The summed E-state index contributed by atoms with van der Waals surface area (Å²) >= 11 is 1.57. The molecule has 0 saturated heterocycles. The molecule has 4 heteroatoms. The van der Waals surface area contributed by atoms with Crippen LogP contribution in [0.1, 0.15) is 4.88 Å².